The Labute approximate surface area is 101 Å². The maximum atomic E-state index is 13.6. The number of carboxylic acid groups (broad SMARTS) is 1. The van der Waals surface area contributed by atoms with E-state index >= 15 is 0 Å². The summed E-state index contributed by atoms with van der Waals surface area (Å²) in [7, 11) is 0. The summed E-state index contributed by atoms with van der Waals surface area (Å²) in [6, 6.07) is 1.72. The fourth-order valence-electron chi connectivity index (χ4n) is 1.97. The Kier molecular flexibility index (Phi) is 2.84. The lowest BCUT2D eigenvalue weighted by molar-refractivity contribution is 0.143. The van der Waals surface area contributed by atoms with Crippen LogP contribution in [0, 0.1) is 11.6 Å². The van der Waals surface area contributed by atoms with E-state index in [0.29, 0.717) is 0 Å². The maximum Gasteiger partial charge on any atom is 0.409 e. The molecule has 1 aromatic carbocycles. The fraction of sp³-hybridized carbons (Fsp3) is 0.364. The molecule has 1 saturated heterocycles. The highest BCUT2D eigenvalue weighted by molar-refractivity contribution is 5.83. The molecule has 1 aliphatic heterocycles. The van der Waals surface area contributed by atoms with E-state index in [0.717, 1.165) is 12.1 Å². The first-order valence-corrected chi connectivity index (χ1v) is 5.21. The van der Waals surface area contributed by atoms with Crippen LogP contribution in [-0.4, -0.2) is 30.0 Å². The number of nitrogens with zero attached hydrogens (tertiary/aromatic N) is 1. The van der Waals surface area contributed by atoms with Gasteiger partial charge in [-0.2, -0.15) is 0 Å². The number of rotatable bonds is 2. The molecule has 0 saturated carbocycles. The molecule has 0 radical (unpaired) electrons. The first-order valence-electron chi connectivity index (χ1n) is 5.21. The summed E-state index contributed by atoms with van der Waals surface area (Å²) in [5.41, 5.74) is -1.98. The van der Waals surface area contributed by atoms with E-state index in [9.17, 15) is 18.0 Å². The van der Waals surface area contributed by atoms with Crippen molar-refractivity contribution in [2.45, 2.75) is 12.6 Å². The molecule has 0 spiro atoms. The van der Waals surface area contributed by atoms with Crippen molar-refractivity contribution in [3.8, 4) is 0 Å². The highest BCUT2D eigenvalue weighted by atomic mass is 19.1. The molecule has 1 fully saturated rings. The summed E-state index contributed by atoms with van der Waals surface area (Å²) in [6.45, 7) is 1.17. The Morgan fingerprint density at radius 2 is 1.89 bits per heavy atom. The average molecular weight is 260 g/mol. The third-order valence-corrected chi connectivity index (χ3v) is 2.63. The second kappa shape index (κ2) is 4.08. The van der Waals surface area contributed by atoms with Gasteiger partial charge >= 0.3 is 6.09 Å². The molecule has 0 aromatic heterocycles. The van der Waals surface area contributed by atoms with E-state index in [1.165, 1.54) is 11.8 Å². The predicted molar refractivity (Wildman–Crippen MR) is 59.7 cm³/mol. The van der Waals surface area contributed by atoms with Crippen LogP contribution in [0.15, 0.2) is 12.1 Å². The van der Waals surface area contributed by atoms with Crippen molar-refractivity contribution in [3.05, 3.63) is 23.8 Å². The van der Waals surface area contributed by atoms with Crippen molar-refractivity contribution >= 4 is 17.5 Å². The van der Waals surface area contributed by atoms with Gasteiger partial charge in [-0.15, -0.1) is 0 Å². The van der Waals surface area contributed by atoms with E-state index in [1.54, 1.807) is 0 Å². The number of anilines is 2. The topological polar surface area (TPSA) is 52.6 Å². The Balaban J connectivity index is 2.25. The molecule has 4 nitrogen and oxygen atoms in total. The van der Waals surface area contributed by atoms with Crippen LogP contribution in [0.25, 0.3) is 0 Å². The number of hydrogen-bond acceptors (Lipinski definition) is 2. The lowest BCUT2D eigenvalue weighted by Crippen LogP contribution is -2.57. The summed E-state index contributed by atoms with van der Waals surface area (Å²) in [4.78, 5) is 11.6. The lowest BCUT2D eigenvalue weighted by atomic mass is 9.98. The molecule has 7 heteroatoms. The molecule has 1 amide bonds. The summed E-state index contributed by atoms with van der Waals surface area (Å²) in [6.07, 6.45) is -1.41. The van der Waals surface area contributed by atoms with Gasteiger partial charge in [-0.1, -0.05) is 0 Å². The minimum atomic E-state index is -1.45. The van der Waals surface area contributed by atoms with Gasteiger partial charge in [-0.25, -0.2) is 18.0 Å². The van der Waals surface area contributed by atoms with Gasteiger partial charge in [-0.05, 0) is 19.1 Å². The molecule has 98 valence electrons. The molecule has 0 unspecified atom stereocenters. The summed E-state index contributed by atoms with van der Waals surface area (Å²) < 4.78 is 40.6. The normalized spacial score (nSPS) is 17.2. The number of alkyl halides is 1. The number of amides is 1. The zero-order valence-corrected chi connectivity index (χ0v) is 9.51. The average Bonchev–Trinajstić information content (AvgIpc) is 2.11. The van der Waals surface area contributed by atoms with Crippen LogP contribution in [-0.2, 0) is 0 Å². The van der Waals surface area contributed by atoms with Gasteiger partial charge in [0.1, 0.15) is 11.4 Å². The van der Waals surface area contributed by atoms with E-state index in [-0.39, 0.29) is 24.5 Å². The van der Waals surface area contributed by atoms with Gasteiger partial charge in [0.15, 0.2) is 11.6 Å². The van der Waals surface area contributed by atoms with Crippen LogP contribution in [0.4, 0.5) is 29.3 Å². The first kappa shape index (κ1) is 12.5. The summed E-state index contributed by atoms with van der Waals surface area (Å²) >= 11 is 0. The van der Waals surface area contributed by atoms with E-state index in [4.69, 9.17) is 5.11 Å². The number of halogens is 3. The monoisotopic (exact) mass is 260 g/mol. The molecular weight excluding hydrogens is 249 g/mol. The van der Waals surface area contributed by atoms with E-state index in [1.807, 2.05) is 5.32 Å². The molecule has 1 aromatic rings. The van der Waals surface area contributed by atoms with E-state index < -0.39 is 23.4 Å². The smallest absolute Gasteiger partial charge is 0.409 e. The highest BCUT2D eigenvalue weighted by Crippen LogP contribution is 2.35. The molecule has 0 bridgehead atoms. The minimum Gasteiger partial charge on any atom is -0.465 e. The van der Waals surface area contributed by atoms with Gasteiger partial charge in [0.2, 0.25) is 0 Å². The number of benzene rings is 1. The molecular formula is C11H11F3N2O2. The van der Waals surface area contributed by atoms with Crippen molar-refractivity contribution in [2.24, 2.45) is 0 Å². The first-order chi connectivity index (χ1) is 8.28. The number of carbonyl (C=O) groups is 1. The van der Waals surface area contributed by atoms with Crippen LogP contribution < -0.4 is 10.2 Å². The lowest BCUT2D eigenvalue weighted by Gasteiger charge is -2.43. The standard InChI is InChI=1S/C11H11F3N2O2/c1-11(14)4-16(5-11)9-7(12)2-6(3-8(9)13)15-10(17)18/h2-3,15H,4-5H2,1H3,(H,17,18). The van der Waals surface area contributed by atoms with Crippen LogP contribution in [0.1, 0.15) is 6.92 Å². The van der Waals surface area contributed by atoms with Gasteiger partial charge < -0.3 is 10.0 Å². The summed E-state index contributed by atoms with van der Waals surface area (Å²) in [5.74, 6) is -1.84. The molecule has 1 aliphatic rings. The van der Waals surface area contributed by atoms with Gasteiger partial charge in [0, 0.05) is 5.69 Å². The third kappa shape index (κ3) is 2.34. The molecule has 18 heavy (non-hydrogen) atoms. The Hall–Kier alpha value is -1.92. The van der Waals surface area contributed by atoms with Crippen molar-refractivity contribution in [1.29, 1.82) is 0 Å². The predicted octanol–water partition coefficient (Wildman–Crippen LogP) is 2.60. The molecule has 1 heterocycles. The third-order valence-electron chi connectivity index (χ3n) is 2.63. The largest absolute Gasteiger partial charge is 0.465 e. The zero-order chi connectivity index (χ0) is 13.5. The van der Waals surface area contributed by atoms with Gasteiger partial charge in [0.25, 0.3) is 0 Å². The highest BCUT2D eigenvalue weighted by Gasteiger charge is 2.41. The van der Waals surface area contributed by atoms with Gasteiger partial charge in [-0.3, -0.25) is 5.32 Å². The van der Waals surface area contributed by atoms with Crippen LogP contribution in [0.5, 0.6) is 0 Å². The summed E-state index contributed by atoms with van der Waals surface area (Å²) in [5, 5.41) is 10.3. The fourth-order valence-corrected chi connectivity index (χ4v) is 1.97. The quantitative estimate of drug-likeness (QED) is 0.859. The van der Waals surface area contributed by atoms with Crippen LogP contribution >= 0.6 is 0 Å². The molecule has 2 rings (SSSR count). The SMILES string of the molecule is CC1(F)CN(c2c(F)cc(NC(=O)O)cc2F)C1. The Morgan fingerprint density at radius 1 is 1.39 bits per heavy atom. The second-order valence-electron chi connectivity index (χ2n) is 4.49. The number of hydrogen-bond donors (Lipinski definition) is 2. The van der Waals surface area contributed by atoms with Crippen molar-refractivity contribution in [1.82, 2.24) is 0 Å². The zero-order valence-electron chi connectivity index (χ0n) is 9.51. The molecule has 0 atom stereocenters. The number of nitrogens with one attached hydrogen (secondary N) is 1. The Bertz CT molecular complexity index is 474. The van der Waals surface area contributed by atoms with Crippen LogP contribution in [0.2, 0.25) is 0 Å². The van der Waals surface area contributed by atoms with Crippen molar-refractivity contribution in [3.63, 3.8) is 0 Å². The van der Waals surface area contributed by atoms with Crippen molar-refractivity contribution in [2.75, 3.05) is 23.3 Å². The maximum absolute atomic E-state index is 13.6. The van der Waals surface area contributed by atoms with E-state index in [2.05, 4.69) is 0 Å². The Morgan fingerprint density at radius 3 is 2.28 bits per heavy atom. The second-order valence-corrected chi connectivity index (χ2v) is 4.49. The minimum absolute atomic E-state index is 0.0907. The molecule has 2 N–H and O–H groups in total. The van der Waals surface area contributed by atoms with Gasteiger partial charge in [0.05, 0.1) is 13.1 Å². The molecule has 0 aliphatic carbocycles. The van der Waals surface area contributed by atoms with Crippen molar-refractivity contribution < 1.29 is 23.1 Å². The van der Waals surface area contributed by atoms with Crippen LogP contribution in [0.3, 0.4) is 0 Å².